The smallest absolute Gasteiger partial charge is 0.326 e. The first-order valence-electron chi connectivity index (χ1n) is 23.8. The van der Waals surface area contributed by atoms with Crippen molar-refractivity contribution in [1.82, 2.24) is 47.5 Å². The summed E-state index contributed by atoms with van der Waals surface area (Å²) >= 11 is 0. The fraction of sp³-hybridized carbons (Fsp3) is 0.565. The molecule has 10 atom stereocenters. The molecule has 0 aliphatic rings. The number of H-pyrrole nitrogens is 1. The highest BCUT2D eigenvalue weighted by Crippen LogP contribution is 2.20. The lowest BCUT2D eigenvalue weighted by atomic mass is 9.96. The van der Waals surface area contributed by atoms with Gasteiger partial charge in [0.05, 0.1) is 19.1 Å². The summed E-state index contributed by atoms with van der Waals surface area (Å²) in [4.78, 5) is 151. The Bertz CT molecular complexity index is 2350. The number of aliphatic imine (C=N–C) groups is 1. The van der Waals surface area contributed by atoms with E-state index in [1.165, 1.54) is 20.8 Å². The minimum atomic E-state index is -1.86. The Kier molecular flexibility index (Phi) is 25.4. The van der Waals surface area contributed by atoms with Crippen LogP contribution in [0.5, 0.6) is 0 Å². The molecule has 0 aliphatic carbocycles. The average Bonchev–Trinajstić information content (AvgIpc) is 3.74. The number of benzene rings is 1. The minimum absolute atomic E-state index is 0.0490. The lowest BCUT2D eigenvalue weighted by Gasteiger charge is -2.29. The molecule has 0 saturated heterocycles. The number of carbonyl (C=O) groups excluding carboxylic acids is 9. The summed E-state index contributed by atoms with van der Waals surface area (Å²) in [6.07, 6.45) is -1.44. The number of carboxylic acid groups (broad SMARTS) is 2. The van der Waals surface area contributed by atoms with E-state index >= 15 is 0 Å². The van der Waals surface area contributed by atoms with E-state index in [4.69, 9.17) is 22.9 Å². The largest absolute Gasteiger partial charge is 0.481 e. The van der Waals surface area contributed by atoms with Crippen molar-refractivity contribution in [1.29, 1.82) is 0 Å². The van der Waals surface area contributed by atoms with E-state index < -0.39 is 157 Å². The van der Waals surface area contributed by atoms with Crippen molar-refractivity contribution in [2.24, 2.45) is 39.8 Å². The van der Waals surface area contributed by atoms with Gasteiger partial charge in [-0.15, -0.1) is 0 Å². The van der Waals surface area contributed by atoms with Crippen molar-refractivity contribution in [2.45, 2.75) is 141 Å². The van der Waals surface area contributed by atoms with Gasteiger partial charge < -0.3 is 85.8 Å². The van der Waals surface area contributed by atoms with E-state index in [1.807, 2.05) is 0 Å². The standard InChI is InChI=1S/C46H72N14O14/c1-7-22(4)36(43(71)55-29(45(73)74)13-10-16-51-46(49)50)60-40(68)30(17-25-20-52-27-12-9-8-11-26(25)27)56-38(66)23(5)53-39(67)28(14-15-32(48)62)54-42(70)35(21(2)3)59-41(69)31(18-34(64)65)57-44(72)37(24(6)61)58-33(63)19-47/h8-9,11-12,20-24,28-31,35-37,52,61H,7,10,13-19,47H2,1-6H3,(H2,48,62)(H,53,67)(H,54,70)(H,55,71)(H,56,66)(H,57,72)(H,58,63)(H,59,69)(H,60,68)(H,64,65)(H,73,74)(H4,49,50,51)/t22-,23-,24+,28-,29-,30-,31-,35-,36-,37-/m0/s1. The molecule has 0 saturated carbocycles. The zero-order valence-corrected chi connectivity index (χ0v) is 42.2. The van der Waals surface area contributed by atoms with Gasteiger partial charge in [0.2, 0.25) is 53.2 Å². The molecular formula is C46H72N14O14. The van der Waals surface area contributed by atoms with Gasteiger partial charge in [-0.2, -0.15) is 0 Å². The first kappa shape index (κ1) is 62.2. The maximum Gasteiger partial charge on any atom is 0.326 e. The van der Waals surface area contributed by atoms with Crippen LogP contribution in [0.1, 0.15) is 85.6 Å². The predicted octanol–water partition coefficient (Wildman–Crippen LogP) is -4.47. The van der Waals surface area contributed by atoms with Gasteiger partial charge in [-0.05, 0) is 56.6 Å². The van der Waals surface area contributed by atoms with Crippen molar-refractivity contribution in [3.05, 3.63) is 36.0 Å². The molecule has 2 aromatic rings. The van der Waals surface area contributed by atoms with Crippen molar-refractivity contribution >= 4 is 82.0 Å². The third-order valence-electron chi connectivity index (χ3n) is 11.7. The van der Waals surface area contributed by atoms with E-state index in [9.17, 15) is 68.1 Å². The molecule has 2 rings (SSSR count). The van der Waals surface area contributed by atoms with Gasteiger partial charge in [-0.1, -0.05) is 52.3 Å². The molecule has 28 nitrogen and oxygen atoms in total. The second-order valence-corrected chi connectivity index (χ2v) is 18.0. The zero-order valence-electron chi connectivity index (χ0n) is 42.2. The van der Waals surface area contributed by atoms with E-state index in [0.717, 1.165) is 6.92 Å². The summed E-state index contributed by atoms with van der Waals surface area (Å²) in [5, 5.41) is 49.5. The number of carbonyl (C=O) groups is 11. The Balaban J connectivity index is 2.40. The van der Waals surface area contributed by atoms with Gasteiger partial charge in [0.1, 0.15) is 48.3 Å². The van der Waals surface area contributed by atoms with Gasteiger partial charge in [0.25, 0.3) is 0 Å². The number of para-hydroxylation sites is 1. The number of aliphatic hydroxyl groups excluding tert-OH is 1. The Morgan fingerprint density at radius 2 is 1.20 bits per heavy atom. The maximum absolute atomic E-state index is 14.3. The summed E-state index contributed by atoms with van der Waals surface area (Å²) < 4.78 is 0. The van der Waals surface area contributed by atoms with Crippen LogP contribution in [0.4, 0.5) is 0 Å². The number of aliphatic hydroxyl groups is 1. The van der Waals surface area contributed by atoms with Crippen LogP contribution in [0.3, 0.4) is 0 Å². The van der Waals surface area contributed by atoms with Crippen LogP contribution >= 0.6 is 0 Å². The highest BCUT2D eigenvalue weighted by Gasteiger charge is 2.37. The Morgan fingerprint density at radius 3 is 1.77 bits per heavy atom. The molecule has 74 heavy (non-hydrogen) atoms. The summed E-state index contributed by atoms with van der Waals surface area (Å²) in [6.45, 7) is 8.31. The topological polar surface area (TPSA) is 477 Å². The van der Waals surface area contributed by atoms with E-state index in [1.54, 1.807) is 44.3 Å². The molecule has 1 aromatic carbocycles. The third kappa shape index (κ3) is 20.3. The third-order valence-corrected chi connectivity index (χ3v) is 11.7. The number of primary amides is 1. The zero-order chi connectivity index (χ0) is 56.0. The van der Waals surface area contributed by atoms with E-state index in [-0.39, 0.29) is 31.8 Å². The van der Waals surface area contributed by atoms with Crippen molar-refractivity contribution in [2.75, 3.05) is 13.1 Å². The van der Waals surface area contributed by atoms with Crippen LogP contribution in [-0.4, -0.2) is 159 Å². The first-order chi connectivity index (χ1) is 34.7. The predicted molar refractivity (Wildman–Crippen MR) is 266 cm³/mol. The summed E-state index contributed by atoms with van der Waals surface area (Å²) in [6, 6.07) is -5.09. The minimum Gasteiger partial charge on any atom is -0.481 e. The molecule has 28 heteroatoms. The summed E-state index contributed by atoms with van der Waals surface area (Å²) in [5.41, 5.74) is 22.6. The normalized spacial score (nSPS) is 15.1. The van der Waals surface area contributed by atoms with E-state index in [0.29, 0.717) is 22.9 Å². The molecule has 20 N–H and O–H groups in total. The summed E-state index contributed by atoms with van der Waals surface area (Å²) in [5.74, 6) is -13.1. The molecule has 0 fully saturated rings. The van der Waals surface area contributed by atoms with Crippen LogP contribution < -0.4 is 65.5 Å². The second kappa shape index (κ2) is 30.2. The van der Waals surface area contributed by atoms with Crippen molar-refractivity contribution < 1.29 is 68.1 Å². The molecule has 9 amide bonds. The number of nitrogens with zero attached hydrogens (tertiary/aromatic N) is 1. The average molecular weight is 1050 g/mol. The van der Waals surface area contributed by atoms with Crippen LogP contribution in [-0.2, 0) is 59.2 Å². The van der Waals surface area contributed by atoms with Crippen molar-refractivity contribution in [3.63, 3.8) is 0 Å². The first-order valence-corrected chi connectivity index (χ1v) is 23.8. The second-order valence-electron chi connectivity index (χ2n) is 18.0. The van der Waals surface area contributed by atoms with Gasteiger partial charge in [-0.3, -0.25) is 52.9 Å². The van der Waals surface area contributed by atoms with Crippen molar-refractivity contribution in [3.8, 4) is 0 Å². The molecule has 1 aromatic heterocycles. The number of nitrogens with one attached hydrogen (secondary N) is 9. The molecule has 410 valence electrons. The number of hydrogen-bond acceptors (Lipinski definition) is 14. The van der Waals surface area contributed by atoms with Crippen LogP contribution in [0, 0.1) is 11.8 Å². The highest BCUT2D eigenvalue weighted by atomic mass is 16.4. The summed E-state index contributed by atoms with van der Waals surface area (Å²) in [7, 11) is 0. The monoisotopic (exact) mass is 1040 g/mol. The number of amides is 9. The quantitative estimate of drug-likeness (QED) is 0.0187. The molecule has 0 bridgehead atoms. The number of aliphatic carboxylic acids is 2. The van der Waals surface area contributed by atoms with Gasteiger partial charge >= 0.3 is 11.9 Å². The maximum atomic E-state index is 14.3. The lowest BCUT2D eigenvalue weighted by molar-refractivity contribution is -0.143. The Morgan fingerprint density at radius 1 is 0.649 bits per heavy atom. The molecule has 0 radical (unpaired) electrons. The Hall–Kier alpha value is -7.88. The number of nitrogens with two attached hydrogens (primary N) is 4. The highest BCUT2D eigenvalue weighted by molar-refractivity contribution is 5.99. The Labute approximate surface area is 426 Å². The SMILES string of the molecule is CC[C@H](C)[C@H](NC(=O)[C@H](Cc1c[nH]c2ccccc12)NC(=O)[C@H](C)NC(=O)[C@H](CCC(N)=O)NC(=O)[C@@H](NC(=O)[C@H](CC(=O)O)NC(=O)[C@@H](NC(=O)CN)[C@@H](C)O)C(C)C)C(=O)N[C@@H](CCCN=C(N)N)C(=O)O. The van der Waals surface area contributed by atoms with Gasteiger partial charge in [0, 0.05) is 36.5 Å². The molecule has 0 aliphatic heterocycles. The number of carboxylic acids is 2. The van der Waals surface area contributed by atoms with Gasteiger partial charge in [-0.25, -0.2) is 4.79 Å². The number of hydrogen-bond donors (Lipinski definition) is 16. The number of fused-ring (bicyclic) bond motifs is 1. The van der Waals surface area contributed by atoms with Crippen LogP contribution in [0.15, 0.2) is 35.5 Å². The van der Waals surface area contributed by atoms with Crippen LogP contribution in [0.25, 0.3) is 10.9 Å². The number of aromatic amines is 1. The van der Waals surface area contributed by atoms with Gasteiger partial charge in [0.15, 0.2) is 5.96 Å². The lowest BCUT2D eigenvalue weighted by Crippen LogP contribution is -2.61. The number of rotatable bonds is 32. The number of guanidine groups is 1. The molecule has 0 spiro atoms. The van der Waals surface area contributed by atoms with E-state index in [2.05, 4.69) is 52.5 Å². The molecule has 1 heterocycles. The molecule has 0 unspecified atom stereocenters. The number of aromatic nitrogens is 1. The fourth-order valence-corrected chi connectivity index (χ4v) is 7.27. The molecular weight excluding hydrogens is 973 g/mol. The fourth-order valence-electron chi connectivity index (χ4n) is 7.27. The van der Waals surface area contributed by atoms with Crippen LogP contribution in [0.2, 0.25) is 0 Å².